The molecule has 4 nitrogen and oxygen atoms in total. The van der Waals surface area contributed by atoms with Crippen molar-refractivity contribution in [3.8, 4) is 5.75 Å². The molecule has 5 heteroatoms. The Morgan fingerprint density at radius 3 is 3.07 bits per heavy atom. The molecule has 0 unspecified atom stereocenters. The fourth-order valence-corrected chi connectivity index (χ4v) is 1.43. The number of hydrogen-bond donors (Lipinski definition) is 0. The van der Waals surface area contributed by atoms with Crippen LogP contribution in [0.25, 0.3) is 0 Å². The maximum absolute atomic E-state index is 11.1. The maximum atomic E-state index is 11.1. The molecule has 0 radical (unpaired) electrons. The lowest BCUT2D eigenvalue weighted by Gasteiger charge is -2.13. The Labute approximate surface area is 92.3 Å². The van der Waals surface area contributed by atoms with Crippen LogP contribution in [0.4, 0.5) is 4.79 Å². The lowest BCUT2D eigenvalue weighted by Crippen LogP contribution is -2.28. The standard InChI is InChI=1S/C10H10ClNO3/c11-8-2-1-3-9(6-8)15-7-12-4-5-14-10(12)13/h1-3,6H,4-5,7H2. The number of hydrogen-bond acceptors (Lipinski definition) is 3. The van der Waals surface area contributed by atoms with Crippen LogP contribution in [0.15, 0.2) is 24.3 Å². The van der Waals surface area contributed by atoms with E-state index in [1.165, 1.54) is 4.90 Å². The van der Waals surface area contributed by atoms with Crippen LogP contribution in [0.1, 0.15) is 0 Å². The molecule has 1 heterocycles. The molecule has 1 aromatic carbocycles. The number of nitrogens with zero attached hydrogens (tertiary/aromatic N) is 1. The minimum atomic E-state index is -0.336. The second-order valence-corrected chi connectivity index (χ2v) is 3.55. The molecule has 1 aliphatic rings. The van der Waals surface area contributed by atoms with Gasteiger partial charge in [-0.15, -0.1) is 0 Å². The molecular weight excluding hydrogens is 218 g/mol. The largest absolute Gasteiger partial charge is 0.473 e. The van der Waals surface area contributed by atoms with E-state index in [1.54, 1.807) is 24.3 Å². The summed E-state index contributed by atoms with van der Waals surface area (Å²) in [5, 5.41) is 0.608. The van der Waals surface area contributed by atoms with Crippen LogP contribution in [0.2, 0.25) is 5.02 Å². The Balaban J connectivity index is 1.90. The van der Waals surface area contributed by atoms with Crippen LogP contribution < -0.4 is 4.74 Å². The van der Waals surface area contributed by atoms with Gasteiger partial charge in [0, 0.05) is 5.02 Å². The van der Waals surface area contributed by atoms with Gasteiger partial charge in [-0.1, -0.05) is 17.7 Å². The second-order valence-electron chi connectivity index (χ2n) is 3.11. The lowest BCUT2D eigenvalue weighted by atomic mass is 10.3. The molecule has 0 bridgehead atoms. The molecule has 0 aromatic heterocycles. The molecular formula is C10H10ClNO3. The topological polar surface area (TPSA) is 38.8 Å². The number of rotatable bonds is 3. The van der Waals surface area contributed by atoms with Gasteiger partial charge < -0.3 is 9.47 Å². The number of cyclic esters (lactones) is 1. The van der Waals surface area contributed by atoms with Crippen molar-refractivity contribution in [3.05, 3.63) is 29.3 Å². The van der Waals surface area contributed by atoms with Crippen LogP contribution in [0, 0.1) is 0 Å². The third-order valence-corrected chi connectivity index (χ3v) is 2.26. The highest BCUT2D eigenvalue weighted by molar-refractivity contribution is 6.30. The molecule has 1 saturated heterocycles. The van der Waals surface area contributed by atoms with Gasteiger partial charge in [0.25, 0.3) is 0 Å². The van der Waals surface area contributed by atoms with E-state index in [-0.39, 0.29) is 12.8 Å². The Morgan fingerprint density at radius 2 is 2.40 bits per heavy atom. The molecule has 0 aliphatic carbocycles. The SMILES string of the molecule is O=C1OCCN1COc1cccc(Cl)c1. The predicted octanol–water partition coefficient (Wildman–Crippen LogP) is 2.13. The zero-order valence-corrected chi connectivity index (χ0v) is 8.74. The quantitative estimate of drug-likeness (QED) is 0.794. The number of carbonyl (C=O) groups excluding carboxylic acids is 1. The Kier molecular flexibility index (Phi) is 2.97. The number of halogens is 1. The van der Waals surface area contributed by atoms with E-state index in [2.05, 4.69) is 0 Å². The summed E-state index contributed by atoms with van der Waals surface area (Å²) in [7, 11) is 0. The molecule has 1 fully saturated rings. The molecule has 0 spiro atoms. The fourth-order valence-electron chi connectivity index (χ4n) is 1.25. The fraction of sp³-hybridized carbons (Fsp3) is 0.300. The van der Waals surface area contributed by atoms with Crippen molar-refractivity contribution < 1.29 is 14.3 Å². The van der Waals surface area contributed by atoms with E-state index < -0.39 is 0 Å². The second kappa shape index (κ2) is 4.40. The Hall–Kier alpha value is -1.42. The smallest absolute Gasteiger partial charge is 0.412 e. The van der Waals surface area contributed by atoms with Gasteiger partial charge in [-0.25, -0.2) is 4.79 Å². The van der Waals surface area contributed by atoms with E-state index in [9.17, 15) is 4.79 Å². The van der Waals surface area contributed by atoms with Crippen molar-refractivity contribution >= 4 is 17.7 Å². The lowest BCUT2D eigenvalue weighted by molar-refractivity contribution is 0.128. The van der Waals surface area contributed by atoms with E-state index >= 15 is 0 Å². The molecule has 0 N–H and O–H groups in total. The van der Waals surface area contributed by atoms with Gasteiger partial charge in [0.15, 0.2) is 6.73 Å². The average Bonchev–Trinajstić information content (AvgIpc) is 2.61. The van der Waals surface area contributed by atoms with E-state index in [1.807, 2.05) is 0 Å². The van der Waals surface area contributed by atoms with Crippen molar-refractivity contribution in [1.29, 1.82) is 0 Å². The summed E-state index contributed by atoms with van der Waals surface area (Å²) < 4.78 is 10.1. The molecule has 2 rings (SSSR count). The third-order valence-electron chi connectivity index (χ3n) is 2.03. The summed E-state index contributed by atoms with van der Waals surface area (Å²) in [6.07, 6.45) is -0.336. The number of carbonyl (C=O) groups is 1. The van der Waals surface area contributed by atoms with Crippen LogP contribution in [0.5, 0.6) is 5.75 Å². The zero-order valence-electron chi connectivity index (χ0n) is 7.98. The monoisotopic (exact) mass is 227 g/mol. The average molecular weight is 228 g/mol. The predicted molar refractivity (Wildman–Crippen MR) is 55.0 cm³/mol. The first-order valence-electron chi connectivity index (χ1n) is 4.56. The number of ether oxygens (including phenoxy) is 2. The summed E-state index contributed by atoms with van der Waals surface area (Å²) in [5.41, 5.74) is 0. The number of amides is 1. The van der Waals surface area contributed by atoms with E-state index in [4.69, 9.17) is 21.1 Å². The summed E-state index contributed by atoms with van der Waals surface area (Å²) in [5.74, 6) is 0.641. The van der Waals surface area contributed by atoms with Crippen LogP contribution in [-0.4, -0.2) is 30.9 Å². The van der Waals surface area contributed by atoms with Crippen molar-refractivity contribution in [3.63, 3.8) is 0 Å². The van der Waals surface area contributed by atoms with Gasteiger partial charge >= 0.3 is 6.09 Å². The molecule has 1 aromatic rings. The van der Waals surface area contributed by atoms with Crippen LogP contribution >= 0.6 is 11.6 Å². The molecule has 15 heavy (non-hydrogen) atoms. The maximum Gasteiger partial charge on any atom is 0.412 e. The van der Waals surface area contributed by atoms with Crippen LogP contribution in [0.3, 0.4) is 0 Å². The molecule has 1 aliphatic heterocycles. The summed E-state index contributed by atoms with van der Waals surface area (Å²) >= 11 is 5.78. The first-order chi connectivity index (χ1) is 7.25. The Bertz CT molecular complexity index is 369. The van der Waals surface area contributed by atoms with Crippen molar-refractivity contribution in [2.24, 2.45) is 0 Å². The molecule has 0 saturated carbocycles. The zero-order chi connectivity index (χ0) is 10.7. The van der Waals surface area contributed by atoms with Crippen molar-refractivity contribution in [2.75, 3.05) is 19.9 Å². The highest BCUT2D eigenvalue weighted by Crippen LogP contribution is 2.17. The molecule has 80 valence electrons. The minimum absolute atomic E-state index is 0.194. The molecule has 1 amide bonds. The van der Waals surface area contributed by atoms with Gasteiger partial charge in [0.1, 0.15) is 12.4 Å². The number of benzene rings is 1. The summed E-state index contributed by atoms with van der Waals surface area (Å²) in [6, 6.07) is 7.04. The Morgan fingerprint density at radius 1 is 1.53 bits per heavy atom. The summed E-state index contributed by atoms with van der Waals surface area (Å²) in [6.45, 7) is 1.19. The van der Waals surface area contributed by atoms with E-state index in [0.717, 1.165) is 0 Å². The van der Waals surface area contributed by atoms with Gasteiger partial charge in [0.2, 0.25) is 0 Å². The van der Waals surface area contributed by atoms with Crippen molar-refractivity contribution in [2.45, 2.75) is 0 Å². The first-order valence-corrected chi connectivity index (χ1v) is 4.93. The van der Waals surface area contributed by atoms with Gasteiger partial charge in [-0.05, 0) is 18.2 Å². The third kappa shape index (κ3) is 2.53. The first kappa shape index (κ1) is 10.1. The van der Waals surface area contributed by atoms with Crippen LogP contribution in [-0.2, 0) is 4.74 Å². The highest BCUT2D eigenvalue weighted by Gasteiger charge is 2.21. The summed E-state index contributed by atoms with van der Waals surface area (Å²) in [4.78, 5) is 12.5. The van der Waals surface area contributed by atoms with E-state index in [0.29, 0.717) is 23.9 Å². The minimum Gasteiger partial charge on any atom is -0.473 e. The van der Waals surface area contributed by atoms with Crippen molar-refractivity contribution in [1.82, 2.24) is 4.90 Å². The molecule has 0 atom stereocenters. The highest BCUT2D eigenvalue weighted by atomic mass is 35.5. The van der Waals surface area contributed by atoms with Gasteiger partial charge in [-0.3, -0.25) is 4.90 Å². The van der Waals surface area contributed by atoms with Gasteiger partial charge in [-0.2, -0.15) is 0 Å². The normalized spacial score (nSPS) is 15.3. The van der Waals surface area contributed by atoms with Gasteiger partial charge in [0.05, 0.1) is 6.54 Å².